The minimum Gasteiger partial charge on any atom is -0.369 e. The van der Waals surface area contributed by atoms with Crippen LogP contribution in [0.25, 0.3) is 11.3 Å². The lowest BCUT2D eigenvalue weighted by Gasteiger charge is -2.41. The van der Waals surface area contributed by atoms with Crippen LogP contribution in [-0.4, -0.2) is 53.3 Å². The van der Waals surface area contributed by atoms with Crippen LogP contribution < -0.4 is 26.8 Å². The topological polar surface area (TPSA) is 112 Å². The van der Waals surface area contributed by atoms with Crippen molar-refractivity contribution in [3.63, 3.8) is 0 Å². The number of rotatable bonds is 4. The van der Waals surface area contributed by atoms with E-state index in [1.165, 1.54) is 43.4 Å². The largest absolute Gasteiger partial charge is 0.369 e. The summed E-state index contributed by atoms with van der Waals surface area (Å²) in [5.41, 5.74) is 23.1. The van der Waals surface area contributed by atoms with Crippen molar-refractivity contribution in [1.82, 2.24) is 20.5 Å². The molecule has 0 bridgehead atoms. The second-order valence-electron chi connectivity index (χ2n) is 11.6. The molecule has 9 nitrogen and oxygen atoms in total. The molecule has 2 aromatic carbocycles. The molecule has 2 aliphatic heterocycles. The fourth-order valence-corrected chi connectivity index (χ4v) is 6.89. The molecule has 5 N–H and O–H groups in total. The number of guanidine groups is 1. The van der Waals surface area contributed by atoms with Gasteiger partial charge < -0.3 is 10.6 Å². The number of anilines is 2. The quantitative estimate of drug-likeness (QED) is 0.464. The molecule has 1 saturated carbocycles. The molecule has 0 amide bonds. The molecule has 208 valence electrons. The molecule has 0 spiro atoms. The Morgan fingerprint density at radius 1 is 0.825 bits per heavy atom. The summed E-state index contributed by atoms with van der Waals surface area (Å²) in [6.45, 7) is 4.39. The van der Waals surface area contributed by atoms with E-state index in [1.807, 2.05) is 0 Å². The van der Waals surface area contributed by atoms with Gasteiger partial charge in [-0.1, -0.05) is 55.7 Å². The highest BCUT2D eigenvalue weighted by Gasteiger charge is 2.38. The summed E-state index contributed by atoms with van der Waals surface area (Å²) < 4.78 is 0. The van der Waals surface area contributed by atoms with Gasteiger partial charge in [-0.25, -0.2) is 10.0 Å². The zero-order valence-corrected chi connectivity index (χ0v) is 23.1. The molecule has 3 aromatic rings. The molecule has 2 aliphatic carbocycles. The van der Waals surface area contributed by atoms with E-state index in [9.17, 15) is 0 Å². The summed E-state index contributed by atoms with van der Waals surface area (Å²) in [6.07, 6.45) is 9.95. The van der Waals surface area contributed by atoms with Crippen LogP contribution in [0.3, 0.4) is 0 Å². The summed E-state index contributed by atoms with van der Waals surface area (Å²) >= 11 is 0. The summed E-state index contributed by atoms with van der Waals surface area (Å²) in [6, 6.07) is 19.7. The second-order valence-corrected chi connectivity index (χ2v) is 11.6. The van der Waals surface area contributed by atoms with Crippen LogP contribution in [-0.2, 0) is 18.6 Å². The number of hydrogen-bond donors (Lipinski definition) is 3. The number of nitrogens with zero attached hydrogens (tertiary/aromatic N) is 6. The Labute approximate surface area is 236 Å². The predicted molar refractivity (Wildman–Crippen MR) is 160 cm³/mol. The average Bonchev–Trinajstić information content (AvgIpc) is 3.20. The zero-order chi connectivity index (χ0) is 27.1. The van der Waals surface area contributed by atoms with Gasteiger partial charge >= 0.3 is 0 Å². The van der Waals surface area contributed by atoms with Gasteiger partial charge in [0.2, 0.25) is 11.7 Å². The Morgan fingerprint density at radius 3 is 2.38 bits per heavy atom. The SMILES string of the molecule is NC1=NC(N)(c2ccc(N3CCN(C4CCCCC4)CC3)cc2)NN1c1cc2c(nn1)-c1ccccc1CCC2. The molecule has 40 heavy (non-hydrogen) atoms. The van der Waals surface area contributed by atoms with Crippen LogP contribution in [0, 0.1) is 0 Å². The molecular weight excluding hydrogens is 498 g/mol. The lowest BCUT2D eigenvalue weighted by atomic mass is 9.94. The van der Waals surface area contributed by atoms with Crippen molar-refractivity contribution < 1.29 is 0 Å². The molecule has 1 aromatic heterocycles. The van der Waals surface area contributed by atoms with E-state index in [-0.39, 0.29) is 5.96 Å². The molecule has 1 atom stereocenters. The number of nitrogens with two attached hydrogens (primary N) is 2. The lowest BCUT2D eigenvalue weighted by Crippen LogP contribution is -2.53. The van der Waals surface area contributed by atoms with Crippen molar-refractivity contribution in [3.8, 4) is 11.3 Å². The van der Waals surface area contributed by atoms with E-state index >= 15 is 0 Å². The third-order valence-corrected chi connectivity index (χ3v) is 9.13. The number of nitrogens with one attached hydrogen (secondary N) is 1. The Hall–Kier alpha value is -3.53. The monoisotopic (exact) mass is 537 g/mol. The molecule has 7 rings (SSSR count). The van der Waals surface area contributed by atoms with Gasteiger partial charge in [0.15, 0.2) is 5.82 Å². The van der Waals surface area contributed by atoms with E-state index in [0.29, 0.717) is 5.82 Å². The maximum Gasteiger partial charge on any atom is 0.215 e. The molecule has 1 unspecified atom stereocenters. The number of aromatic nitrogens is 2. The average molecular weight is 538 g/mol. The number of hydrazine groups is 1. The molecular formula is C31H39N9. The number of piperazine rings is 1. The van der Waals surface area contributed by atoms with E-state index in [1.54, 1.807) is 5.01 Å². The first-order chi connectivity index (χ1) is 19.6. The van der Waals surface area contributed by atoms with Crippen LogP contribution in [0.15, 0.2) is 59.6 Å². The minimum absolute atomic E-state index is 0.272. The van der Waals surface area contributed by atoms with Crippen LogP contribution in [0.1, 0.15) is 55.2 Å². The molecule has 9 heteroatoms. The summed E-state index contributed by atoms with van der Waals surface area (Å²) in [7, 11) is 0. The molecule has 3 heterocycles. The van der Waals surface area contributed by atoms with Crippen molar-refractivity contribution in [2.45, 2.75) is 63.2 Å². The first-order valence-corrected chi connectivity index (χ1v) is 14.8. The highest BCUT2D eigenvalue weighted by molar-refractivity contribution is 5.95. The summed E-state index contributed by atoms with van der Waals surface area (Å²) in [5.74, 6) is -0.309. The van der Waals surface area contributed by atoms with Gasteiger partial charge in [-0.2, -0.15) is 5.43 Å². The van der Waals surface area contributed by atoms with Crippen LogP contribution in [0.2, 0.25) is 0 Å². The van der Waals surface area contributed by atoms with E-state index < -0.39 is 5.79 Å². The molecule has 1 saturated heterocycles. The molecule has 0 radical (unpaired) electrons. The van der Waals surface area contributed by atoms with Crippen molar-refractivity contribution in [1.29, 1.82) is 0 Å². The Bertz CT molecular complexity index is 1390. The Morgan fingerprint density at radius 2 is 1.57 bits per heavy atom. The van der Waals surface area contributed by atoms with Crippen LogP contribution >= 0.6 is 0 Å². The standard InChI is InChI=1S/C31H39N9/c32-30-34-31(33,24-13-15-26(16-14-24)39-19-17-38(18-20-39)25-10-2-1-3-11-25)37-40(30)28-21-23-9-6-8-22-7-4-5-12-27(22)29(23)36-35-28/h4-5,7,12-16,21,25,37H,1-3,6,8-11,17-20,33H2,(H2,32,34). The fraction of sp³-hybridized carbons (Fsp3) is 0.452. The number of aliphatic imine (C=N–C) groups is 1. The van der Waals surface area contributed by atoms with Crippen molar-refractivity contribution in [3.05, 3.63) is 71.3 Å². The van der Waals surface area contributed by atoms with Gasteiger partial charge in [-0.15, -0.1) is 10.2 Å². The highest BCUT2D eigenvalue weighted by Crippen LogP contribution is 2.33. The number of aryl methyl sites for hydroxylation is 2. The van der Waals surface area contributed by atoms with E-state index in [4.69, 9.17) is 11.5 Å². The minimum atomic E-state index is -1.18. The van der Waals surface area contributed by atoms with Gasteiger partial charge in [-0.05, 0) is 61.4 Å². The van der Waals surface area contributed by atoms with Gasteiger partial charge in [0, 0.05) is 49.0 Å². The lowest BCUT2D eigenvalue weighted by molar-refractivity contribution is 0.148. The maximum absolute atomic E-state index is 6.77. The smallest absolute Gasteiger partial charge is 0.215 e. The van der Waals surface area contributed by atoms with Crippen molar-refractivity contribution in [2.75, 3.05) is 36.1 Å². The third-order valence-electron chi connectivity index (χ3n) is 9.13. The van der Waals surface area contributed by atoms with E-state index in [0.717, 1.165) is 73.9 Å². The third kappa shape index (κ3) is 4.72. The van der Waals surface area contributed by atoms with Gasteiger partial charge in [0.25, 0.3) is 0 Å². The number of fused-ring (bicyclic) bond motifs is 3. The van der Waals surface area contributed by atoms with Gasteiger partial charge in [0.1, 0.15) is 0 Å². The maximum atomic E-state index is 6.77. The first kappa shape index (κ1) is 25.4. The van der Waals surface area contributed by atoms with Crippen LogP contribution in [0.5, 0.6) is 0 Å². The Balaban J connectivity index is 1.04. The van der Waals surface area contributed by atoms with Crippen molar-refractivity contribution in [2.24, 2.45) is 16.5 Å². The van der Waals surface area contributed by atoms with Gasteiger partial charge in [-0.3, -0.25) is 10.6 Å². The fourth-order valence-electron chi connectivity index (χ4n) is 6.89. The van der Waals surface area contributed by atoms with Crippen molar-refractivity contribution >= 4 is 17.5 Å². The zero-order valence-electron chi connectivity index (χ0n) is 23.1. The normalized spacial score (nSPS) is 23.9. The highest BCUT2D eigenvalue weighted by atomic mass is 15.7. The summed E-state index contributed by atoms with van der Waals surface area (Å²) in [4.78, 5) is 9.80. The number of hydrogen-bond acceptors (Lipinski definition) is 9. The molecule has 2 fully saturated rings. The van der Waals surface area contributed by atoms with E-state index in [2.05, 4.69) is 85.0 Å². The summed E-state index contributed by atoms with van der Waals surface area (Å²) in [5, 5.41) is 10.8. The molecule has 4 aliphatic rings. The van der Waals surface area contributed by atoms with Crippen LogP contribution in [0.4, 0.5) is 11.5 Å². The Kier molecular flexibility index (Phi) is 6.65. The number of benzene rings is 2. The van der Waals surface area contributed by atoms with Gasteiger partial charge in [0.05, 0.1) is 5.69 Å². The second kappa shape index (κ2) is 10.5. The first-order valence-electron chi connectivity index (χ1n) is 14.8. The predicted octanol–water partition coefficient (Wildman–Crippen LogP) is 3.50.